The van der Waals surface area contributed by atoms with Gasteiger partial charge in [0.05, 0.1) is 17.4 Å². The van der Waals surface area contributed by atoms with Crippen molar-refractivity contribution in [2.24, 2.45) is 7.05 Å². The molecule has 0 radical (unpaired) electrons. The molecular weight excluding hydrogens is 240 g/mol. The first-order valence-corrected chi connectivity index (χ1v) is 6.43. The number of carbonyl (C=O) groups excluding carboxylic acids is 1. The Labute approximate surface area is 113 Å². The lowest BCUT2D eigenvalue weighted by atomic mass is 10.1. The van der Waals surface area contributed by atoms with E-state index in [0.29, 0.717) is 6.42 Å². The lowest BCUT2D eigenvalue weighted by Gasteiger charge is -2.11. The maximum absolute atomic E-state index is 11.5. The molecule has 0 aliphatic rings. The molecule has 0 bridgehead atoms. The number of aryl methyl sites for hydroxylation is 2. The monoisotopic (exact) mass is 260 g/mol. The first kappa shape index (κ1) is 13.5. The topological polar surface area (TPSA) is 50.2 Å². The molecule has 2 aromatic rings. The molecule has 19 heavy (non-hydrogen) atoms. The van der Waals surface area contributed by atoms with Crippen molar-refractivity contribution in [1.82, 2.24) is 20.0 Å². The average Bonchev–Trinajstić information content (AvgIpc) is 2.70. The molecule has 1 heterocycles. The van der Waals surface area contributed by atoms with E-state index in [2.05, 4.69) is 28.6 Å². The molecule has 0 saturated carbocycles. The maximum Gasteiger partial charge on any atom is 0.234 e. The van der Waals surface area contributed by atoms with Crippen LogP contribution in [0.1, 0.15) is 18.4 Å². The zero-order valence-electron chi connectivity index (χ0n) is 11.7. The van der Waals surface area contributed by atoms with Crippen LogP contribution < -0.4 is 5.43 Å². The number of imidazole rings is 1. The molecule has 0 saturated heterocycles. The molecule has 5 nitrogen and oxygen atoms in total. The smallest absolute Gasteiger partial charge is 0.234 e. The molecule has 1 aromatic carbocycles. The van der Waals surface area contributed by atoms with E-state index in [1.807, 2.05) is 32.0 Å². The summed E-state index contributed by atoms with van der Waals surface area (Å²) in [5, 5.41) is 1.67. The number of nitrogens with one attached hydrogen (secondary N) is 1. The van der Waals surface area contributed by atoms with E-state index in [9.17, 15) is 4.79 Å². The Morgan fingerprint density at radius 1 is 1.42 bits per heavy atom. The van der Waals surface area contributed by atoms with E-state index in [1.165, 1.54) is 5.56 Å². The summed E-state index contributed by atoms with van der Waals surface area (Å²) in [5.74, 6) is 0.0592. The highest BCUT2D eigenvalue weighted by atomic mass is 16.2. The third-order valence-electron chi connectivity index (χ3n) is 3.01. The van der Waals surface area contributed by atoms with Crippen LogP contribution >= 0.6 is 0 Å². The van der Waals surface area contributed by atoms with E-state index in [0.717, 1.165) is 23.9 Å². The van der Waals surface area contributed by atoms with E-state index in [1.54, 1.807) is 5.01 Å². The number of fused-ring (bicyclic) bond motifs is 1. The molecule has 0 unspecified atom stereocenters. The van der Waals surface area contributed by atoms with Crippen LogP contribution in [0.2, 0.25) is 0 Å². The van der Waals surface area contributed by atoms with Crippen LogP contribution in [0.4, 0.5) is 0 Å². The lowest BCUT2D eigenvalue weighted by Crippen LogP contribution is -2.35. The standard InChI is InChI=1S/C14H20N4O/c1-17(2)16-14(19)6-4-5-11-7-8-13-12(9-11)15-10-18(13)3/h7-10H,4-6H2,1-3H3,(H,16,19). The van der Waals surface area contributed by atoms with Crippen molar-refractivity contribution in [1.29, 1.82) is 0 Å². The highest BCUT2D eigenvalue weighted by molar-refractivity contribution is 5.76. The number of aromatic nitrogens is 2. The number of amides is 1. The van der Waals surface area contributed by atoms with E-state index in [4.69, 9.17) is 0 Å². The van der Waals surface area contributed by atoms with Crippen LogP contribution in [0.25, 0.3) is 11.0 Å². The van der Waals surface area contributed by atoms with Crippen LogP contribution in [-0.2, 0) is 18.3 Å². The predicted molar refractivity (Wildman–Crippen MR) is 75.5 cm³/mol. The molecule has 1 amide bonds. The molecule has 0 aliphatic carbocycles. The molecular formula is C14H20N4O. The summed E-state index contributed by atoms with van der Waals surface area (Å²) in [5.41, 5.74) is 6.11. The van der Waals surface area contributed by atoms with Crippen molar-refractivity contribution in [3.63, 3.8) is 0 Å². The Hall–Kier alpha value is -1.88. The predicted octanol–water partition coefficient (Wildman–Crippen LogP) is 1.49. The van der Waals surface area contributed by atoms with Crippen molar-refractivity contribution in [3.05, 3.63) is 30.1 Å². The summed E-state index contributed by atoms with van der Waals surface area (Å²) < 4.78 is 2.00. The minimum Gasteiger partial charge on any atom is -0.334 e. The van der Waals surface area contributed by atoms with Gasteiger partial charge in [0.25, 0.3) is 0 Å². The Morgan fingerprint density at radius 3 is 2.95 bits per heavy atom. The van der Waals surface area contributed by atoms with E-state index >= 15 is 0 Å². The van der Waals surface area contributed by atoms with Crippen molar-refractivity contribution in [3.8, 4) is 0 Å². The van der Waals surface area contributed by atoms with Crippen molar-refractivity contribution in [2.45, 2.75) is 19.3 Å². The van der Waals surface area contributed by atoms with Crippen LogP contribution in [-0.4, -0.2) is 34.6 Å². The number of hydrazine groups is 1. The Kier molecular flexibility index (Phi) is 4.16. The van der Waals surface area contributed by atoms with Gasteiger partial charge in [-0.05, 0) is 30.5 Å². The quantitative estimate of drug-likeness (QED) is 0.829. The van der Waals surface area contributed by atoms with Crippen molar-refractivity contribution < 1.29 is 4.79 Å². The number of rotatable bonds is 5. The van der Waals surface area contributed by atoms with Gasteiger partial charge in [0.2, 0.25) is 5.91 Å². The first-order chi connectivity index (χ1) is 9.06. The van der Waals surface area contributed by atoms with E-state index < -0.39 is 0 Å². The second kappa shape index (κ2) is 5.84. The Bertz CT molecular complexity index is 574. The first-order valence-electron chi connectivity index (χ1n) is 6.43. The molecule has 5 heteroatoms. The zero-order valence-corrected chi connectivity index (χ0v) is 11.7. The normalized spacial score (nSPS) is 11.2. The van der Waals surface area contributed by atoms with Crippen LogP contribution in [0.5, 0.6) is 0 Å². The van der Waals surface area contributed by atoms with Crippen LogP contribution in [0, 0.1) is 0 Å². The fourth-order valence-corrected chi connectivity index (χ4v) is 2.10. The van der Waals surface area contributed by atoms with Gasteiger partial charge in [-0.15, -0.1) is 0 Å². The lowest BCUT2D eigenvalue weighted by molar-refractivity contribution is -0.124. The summed E-state index contributed by atoms with van der Waals surface area (Å²) in [7, 11) is 5.61. The zero-order chi connectivity index (χ0) is 13.8. The van der Waals surface area contributed by atoms with Gasteiger partial charge < -0.3 is 4.57 Å². The van der Waals surface area contributed by atoms with Gasteiger partial charge in [-0.25, -0.2) is 9.99 Å². The van der Waals surface area contributed by atoms with Gasteiger partial charge in [-0.1, -0.05) is 6.07 Å². The second-order valence-electron chi connectivity index (χ2n) is 4.96. The molecule has 0 atom stereocenters. The maximum atomic E-state index is 11.5. The average molecular weight is 260 g/mol. The fourth-order valence-electron chi connectivity index (χ4n) is 2.10. The van der Waals surface area contributed by atoms with E-state index in [-0.39, 0.29) is 5.91 Å². The van der Waals surface area contributed by atoms with Crippen LogP contribution in [0.15, 0.2) is 24.5 Å². The number of benzene rings is 1. The number of nitrogens with zero attached hydrogens (tertiary/aromatic N) is 3. The molecule has 0 aliphatic heterocycles. The molecule has 2 rings (SSSR count). The molecule has 0 spiro atoms. The van der Waals surface area contributed by atoms with Gasteiger partial charge in [-0.3, -0.25) is 10.2 Å². The van der Waals surface area contributed by atoms with Crippen molar-refractivity contribution in [2.75, 3.05) is 14.1 Å². The molecule has 0 fully saturated rings. The van der Waals surface area contributed by atoms with Gasteiger partial charge in [0.1, 0.15) is 0 Å². The number of hydrogen-bond acceptors (Lipinski definition) is 3. The summed E-state index contributed by atoms with van der Waals surface area (Å²) in [4.78, 5) is 15.8. The van der Waals surface area contributed by atoms with Gasteiger partial charge >= 0.3 is 0 Å². The minimum atomic E-state index is 0.0592. The minimum absolute atomic E-state index is 0.0592. The third-order valence-corrected chi connectivity index (χ3v) is 3.01. The Balaban J connectivity index is 1.89. The third kappa shape index (κ3) is 3.54. The molecule has 1 N–H and O–H groups in total. The summed E-state index contributed by atoms with van der Waals surface area (Å²) in [6.07, 6.45) is 4.10. The molecule has 102 valence electrons. The fraction of sp³-hybridized carbons (Fsp3) is 0.429. The largest absolute Gasteiger partial charge is 0.334 e. The number of carbonyl (C=O) groups is 1. The van der Waals surface area contributed by atoms with Crippen LogP contribution in [0.3, 0.4) is 0 Å². The number of hydrogen-bond donors (Lipinski definition) is 1. The SMILES string of the molecule is CN(C)NC(=O)CCCc1ccc2c(c1)ncn2C. The summed E-state index contributed by atoms with van der Waals surface area (Å²) in [6.45, 7) is 0. The highest BCUT2D eigenvalue weighted by Gasteiger charge is 2.04. The summed E-state index contributed by atoms with van der Waals surface area (Å²) >= 11 is 0. The highest BCUT2D eigenvalue weighted by Crippen LogP contribution is 2.15. The molecule has 1 aromatic heterocycles. The van der Waals surface area contributed by atoms with Gasteiger partial charge in [0, 0.05) is 27.6 Å². The van der Waals surface area contributed by atoms with Crippen molar-refractivity contribution >= 4 is 16.9 Å². The Morgan fingerprint density at radius 2 is 2.21 bits per heavy atom. The second-order valence-corrected chi connectivity index (χ2v) is 4.96. The summed E-state index contributed by atoms with van der Waals surface area (Å²) in [6, 6.07) is 6.28. The van der Waals surface area contributed by atoms with Gasteiger partial charge in [0.15, 0.2) is 0 Å². The van der Waals surface area contributed by atoms with Gasteiger partial charge in [-0.2, -0.15) is 0 Å².